The summed E-state index contributed by atoms with van der Waals surface area (Å²) in [5.41, 5.74) is 10.6. The standard InChI is InChI=1S/C59H43N4O2.Pt/c1-38(2)31-43-33-58-60-36-52(43)42-15-11-16-46(32-42)64-45-27-24-41(25-28-45)49-19-12-18-48(40-13-5-4-6-14-40)59(49)62-37-61(54-21-9-10-22-55(54)62)44-26-23-39(3)57(34-44)65-47-29-30-51-50-17-7-8-20-53(50)63(58)56(51)35-47;/h4-30,32-33,36-38H,31H2,1-3H3;/q-3;/i3D3,31D2;. The molecule has 12 bridgehead atoms. The first kappa shape index (κ1) is 35.9. The van der Waals surface area contributed by atoms with Crippen molar-refractivity contribution in [2.75, 3.05) is 9.80 Å². The molecule has 66 heavy (non-hydrogen) atoms. The van der Waals surface area contributed by atoms with Crippen LogP contribution in [0.5, 0.6) is 23.0 Å². The summed E-state index contributed by atoms with van der Waals surface area (Å²) in [6, 6.07) is 64.3. The van der Waals surface area contributed by atoms with Crippen molar-refractivity contribution in [3.05, 3.63) is 212 Å². The van der Waals surface area contributed by atoms with Crippen LogP contribution in [-0.4, -0.2) is 9.55 Å². The number of para-hydroxylation sites is 4. The first-order chi connectivity index (χ1) is 33.9. The fraction of sp³-hybridized carbons (Fsp3) is 0.0847. The van der Waals surface area contributed by atoms with E-state index in [4.69, 9.17) is 18.6 Å². The maximum atomic E-state index is 9.51. The number of anilines is 4. The Labute approximate surface area is 406 Å². The van der Waals surface area contributed by atoms with Gasteiger partial charge in [0.1, 0.15) is 17.3 Å². The fourth-order valence-corrected chi connectivity index (χ4v) is 9.13. The minimum absolute atomic E-state index is 0. The number of fused-ring (bicyclic) bond motifs is 5. The van der Waals surface area contributed by atoms with Gasteiger partial charge < -0.3 is 23.8 Å². The van der Waals surface area contributed by atoms with Gasteiger partial charge in [0.05, 0.1) is 0 Å². The molecule has 324 valence electrons. The van der Waals surface area contributed by atoms with Crippen molar-refractivity contribution in [2.45, 2.75) is 27.1 Å². The molecule has 0 radical (unpaired) electrons. The third kappa shape index (κ3) is 7.23. The topological polar surface area (TPSA) is 42.8 Å². The molecule has 0 aliphatic carbocycles. The Hall–Kier alpha value is -7.40. The average Bonchev–Trinajstić information content (AvgIpc) is 3.92. The largest absolute Gasteiger partial charge is 0.509 e. The predicted octanol–water partition coefficient (Wildman–Crippen LogP) is 15.6. The van der Waals surface area contributed by atoms with E-state index in [2.05, 4.69) is 65.6 Å². The first-order valence-corrected chi connectivity index (χ1v) is 21.7. The second-order valence-electron chi connectivity index (χ2n) is 16.6. The zero-order valence-electron chi connectivity index (χ0n) is 40.9. The molecule has 14 rings (SSSR count). The van der Waals surface area contributed by atoms with Crippen LogP contribution in [0.25, 0.3) is 61.0 Å². The smallest absolute Gasteiger partial charge is 0.135 e. The number of hydrogen-bond acceptors (Lipinski definition) is 5. The molecule has 0 saturated heterocycles. The summed E-state index contributed by atoms with van der Waals surface area (Å²) in [6.07, 6.45) is -0.0347. The zero-order valence-corrected chi connectivity index (χ0v) is 38.2. The summed E-state index contributed by atoms with van der Waals surface area (Å²) in [6.45, 7) is 3.24. The number of aryl methyl sites for hydroxylation is 1. The van der Waals surface area contributed by atoms with Crippen LogP contribution in [0.2, 0.25) is 0 Å². The predicted molar refractivity (Wildman–Crippen MR) is 264 cm³/mol. The van der Waals surface area contributed by atoms with Crippen LogP contribution in [0, 0.1) is 31.6 Å². The van der Waals surface area contributed by atoms with Gasteiger partial charge in [-0.2, -0.15) is 12.1 Å². The fourth-order valence-electron chi connectivity index (χ4n) is 9.13. The first-order valence-electron chi connectivity index (χ1n) is 24.2. The molecular weight excluding hydrogens is 992 g/mol. The van der Waals surface area contributed by atoms with Crippen molar-refractivity contribution >= 4 is 44.6 Å². The quantitative estimate of drug-likeness (QED) is 0.165. The normalized spacial score (nSPS) is 14.2. The molecule has 0 atom stereocenters. The Morgan fingerprint density at radius 2 is 1.36 bits per heavy atom. The average molecular weight is 1040 g/mol. The molecular formula is C59H43N4O2Pt-3. The molecule has 0 N–H and O–H groups in total. The molecule has 8 aromatic carbocycles. The second-order valence-corrected chi connectivity index (χ2v) is 16.6. The van der Waals surface area contributed by atoms with Crippen molar-refractivity contribution in [3.63, 3.8) is 0 Å². The van der Waals surface area contributed by atoms with Gasteiger partial charge in [0.2, 0.25) is 0 Å². The SMILES string of the molecule is [2H]C([2H])([2H])c1ccc2[c-]c1Oc1[c-]c3c(cc1)c1ccccc1n3-c1cc(C([2H])([2H])C(C)C)c(cn1)-c1cccc(c1)Oc1ccc(cc1)-c1cccc(-c3ccccc3)c1N1[CH-]N2c2ccccc21.[Pt]. The van der Waals surface area contributed by atoms with Crippen molar-refractivity contribution in [1.82, 2.24) is 9.55 Å². The Kier molecular flexibility index (Phi) is 9.17. The molecule has 6 nitrogen and oxygen atoms in total. The third-order valence-electron chi connectivity index (χ3n) is 12.0. The maximum Gasteiger partial charge on any atom is 0.135 e. The Morgan fingerprint density at radius 3 is 2.17 bits per heavy atom. The van der Waals surface area contributed by atoms with Gasteiger partial charge in [-0.15, -0.1) is 47.6 Å². The van der Waals surface area contributed by atoms with Crippen LogP contribution in [0.4, 0.5) is 22.7 Å². The van der Waals surface area contributed by atoms with Crippen LogP contribution >= 0.6 is 0 Å². The van der Waals surface area contributed by atoms with Crippen LogP contribution in [0.1, 0.15) is 31.8 Å². The van der Waals surface area contributed by atoms with Gasteiger partial charge in [-0.1, -0.05) is 129 Å². The van der Waals surface area contributed by atoms with Gasteiger partial charge in [0.15, 0.2) is 0 Å². The number of benzene rings is 8. The Bertz CT molecular complexity index is 3670. The molecule has 4 aliphatic rings. The number of pyridine rings is 1. The molecule has 10 aromatic rings. The van der Waals surface area contributed by atoms with Crippen molar-refractivity contribution in [1.29, 1.82) is 0 Å². The van der Waals surface area contributed by atoms with E-state index in [-0.39, 0.29) is 44.0 Å². The maximum absolute atomic E-state index is 9.51. The molecule has 0 fully saturated rings. The molecule has 4 aliphatic heterocycles. The molecule has 0 unspecified atom stereocenters. The van der Waals surface area contributed by atoms with E-state index in [1.807, 2.05) is 139 Å². The van der Waals surface area contributed by atoms with Gasteiger partial charge >= 0.3 is 0 Å². The summed E-state index contributed by atoms with van der Waals surface area (Å²) in [4.78, 5) is 9.25. The Morgan fingerprint density at radius 1 is 0.636 bits per heavy atom. The van der Waals surface area contributed by atoms with Crippen LogP contribution in [0.3, 0.4) is 0 Å². The van der Waals surface area contributed by atoms with Crippen molar-refractivity contribution in [3.8, 4) is 62.2 Å². The molecule has 0 amide bonds. The Balaban J connectivity index is 0.00000547. The number of rotatable bonds is 3. The van der Waals surface area contributed by atoms with Crippen molar-refractivity contribution < 1.29 is 37.4 Å². The van der Waals surface area contributed by atoms with Gasteiger partial charge in [0.25, 0.3) is 0 Å². The monoisotopic (exact) mass is 1040 g/mol. The second kappa shape index (κ2) is 16.9. The van der Waals surface area contributed by atoms with Gasteiger partial charge in [-0.05, 0) is 88.5 Å². The van der Waals surface area contributed by atoms with E-state index in [0.29, 0.717) is 39.6 Å². The van der Waals surface area contributed by atoms with E-state index in [0.717, 1.165) is 61.2 Å². The molecule has 2 aromatic heterocycles. The zero-order chi connectivity index (χ0) is 47.9. The van der Waals surface area contributed by atoms with Crippen LogP contribution < -0.4 is 19.3 Å². The van der Waals surface area contributed by atoms with E-state index in [1.165, 1.54) is 0 Å². The van der Waals surface area contributed by atoms with Crippen LogP contribution in [0.15, 0.2) is 182 Å². The van der Waals surface area contributed by atoms with Gasteiger partial charge in [0, 0.05) is 84.9 Å². The van der Waals surface area contributed by atoms with E-state index in [9.17, 15) is 2.74 Å². The number of nitrogens with zero attached hydrogens (tertiary/aromatic N) is 4. The van der Waals surface area contributed by atoms with E-state index < -0.39 is 13.2 Å². The van der Waals surface area contributed by atoms with Gasteiger partial charge in [-0.25, -0.2) is 4.98 Å². The number of hydrogen-bond donors (Lipinski definition) is 0. The molecule has 6 heterocycles. The number of aromatic nitrogens is 2. The van der Waals surface area contributed by atoms with Crippen molar-refractivity contribution in [2.24, 2.45) is 5.92 Å². The summed E-state index contributed by atoms with van der Waals surface area (Å²) < 4.78 is 60.1. The summed E-state index contributed by atoms with van der Waals surface area (Å²) >= 11 is 0. The van der Waals surface area contributed by atoms with E-state index >= 15 is 0 Å². The summed E-state index contributed by atoms with van der Waals surface area (Å²) in [5, 5.41) is 1.80. The summed E-state index contributed by atoms with van der Waals surface area (Å²) in [5.74, 6) is 1.64. The van der Waals surface area contributed by atoms with Gasteiger partial charge in [-0.3, -0.25) is 0 Å². The number of ether oxygens (including phenoxy) is 2. The minimum atomic E-state index is -2.54. The van der Waals surface area contributed by atoms with Crippen LogP contribution in [-0.2, 0) is 27.4 Å². The van der Waals surface area contributed by atoms with E-state index in [1.54, 1.807) is 24.4 Å². The summed E-state index contributed by atoms with van der Waals surface area (Å²) in [7, 11) is 0. The molecule has 0 spiro atoms. The minimum Gasteiger partial charge on any atom is -0.509 e. The molecule has 0 saturated carbocycles. The molecule has 7 heteroatoms. The third-order valence-corrected chi connectivity index (χ3v) is 12.0.